The second-order valence-electron chi connectivity index (χ2n) is 3.91. The Balaban J connectivity index is 2.45. The van der Waals surface area contributed by atoms with E-state index in [0.29, 0.717) is 11.5 Å². The van der Waals surface area contributed by atoms with Crippen molar-refractivity contribution in [1.82, 2.24) is 0 Å². The maximum absolute atomic E-state index is 12.8. The quantitative estimate of drug-likeness (QED) is 0.779. The van der Waals surface area contributed by atoms with E-state index < -0.39 is 24.8 Å². The summed E-state index contributed by atoms with van der Waals surface area (Å²) in [6.45, 7) is 0. The molecule has 2 rings (SSSR count). The van der Waals surface area contributed by atoms with Gasteiger partial charge in [-0.05, 0) is 31.0 Å². The lowest BCUT2D eigenvalue weighted by atomic mass is 10.3. The summed E-state index contributed by atoms with van der Waals surface area (Å²) in [5.41, 5.74) is 0.260. The van der Waals surface area contributed by atoms with Gasteiger partial charge in [-0.3, -0.25) is 0 Å². The zero-order valence-corrected chi connectivity index (χ0v) is 10.6. The van der Waals surface area contributed by atoms with Gasteiger partial charge in [0.25, 0.3) is 0 Å². The predicted octanol–water partition coefficient (Wildman–Crippen LogP) is 2.24. The molecular weight excluding hydrogens is 265 g/mol. The van der Waals surface area contributed by atoms with Crippen LogP contribution in [0.4, 0.5) is 9.57 Å². The third-order valence-corrected chi connectivity index (χ3v) is 5.76. The molecule has 0 bridgehead atoms. The molecule has 94 valence electrons. The van der Waals surface area contributed by atoms with Crippen molar-refractivity contribution in [2.24, 2.45) is 4.36 Å². The smallest absolute Gasteiger partial charge is 0.249 e. The Morgan fingerprint density at radius 3 is 2.47 bits per heavy atom. The molecule has 0 N–H and O–H groups in total. The van der Waals surface area contributed by atoms with Crippen LogP contribution in [0.5, 0.6) is 0 Å². The molecule has 0 atom stereocenters. The molecule has 0 unspecified atom stereocenters. The molecule has 1 fully saturated rings. The number of nitrogens with zero attached hydrogens (tertiary/aromatic N) is 1. The summed E-state index contributed by atoms with van der Waals surface area (Å²) < 4.78 is 50.4. The van der Waals surface area contributed by atoms with Crippen LogP contribution in [-0.2, 0) is 20.0 Å². The molecule has 1 aliphatic rings. The first-order chi connectivity index (χ1) is 7.89. The topological polar surface area (TPSA) is 63.6 Å². The van der Waals surface area contributed by atoms with Crippen molar-refractivity contribution < 1.29 is 16.5 Å². The van der Waals surface area contributed by atoms with Gasteiger partial charge in [0.1, 0.15) is 4.90 Å². The van der Waals surface area contributed by atoms with E-state index in [4.69, 9.17) is 0 Å². The highest BCUT2D eigenvalue weighted by atomic mass is 32.3. The molecule has 1 aromatic rings. The maximum Gasteiger partial charge on any atom is 0.332 e. The van der Waals surface area contributed by atoms with E-state index in [1.54, 1.807) is 0 Å². The highest BCUT2D eigenvalue weighted by molar-refractivity contribution is 7.93. The fraction of sp³-hybridized carbons (Fsp3) is 0.400. The second kappa shape index (κ2) is 4.38. The van der Waals surface area contributed by atoms with Crippen LogP contribution in [0.3, 0.4) is 0 Å². The molecule has 0 aliphatic carbocycles. The average Bonchev–Trinajstić information content (AvgIpc) is 2.64. The fourth-order valence-electron chi connectivity index (χ4n) is 1.73. The number of hydrogen-bond acceptors (Lipinski definition) is 4. The van der Waals surface area contributed by atoms with Crippen LogP contribution in [0.25, 0.3) is 0 Å². The van der Waals surface area contributed by atoms with Crippen LogP contribution < -0.4 is 0 Å². The Hall–Kier alpha value is -0.950. The molecule has 0 saturated carbocycles. The summed E-state index contributed by atoms with van der Waals surface area (Å²) >= 11 is 0. The summed E-state index contributed by atoms with van der Waals surface area (Å²) in [5, 5.41) is 0. The Kier molecular flexibility index (Phi) is 3.22. The molecule has 1 aromatic carbocycles. The minimum atomic E-state index is -4.73. The minimum absolute atomic E-state index is 0.260. The first kappa shape index (κ1) is 12.5. The minimum Gasteiger partial charge on any atom is -0.249 e. The Bertz CT molecular complexity index is 633. The van der Waals surface area contributed by atoms with Crippen molar-refractivity contribution in [3.63, 3.8) is 0 Å². The fourth-order valence-corrected chi connectivity index (χ4v) is 4.43. The van der Waals surface area contributed by atoms with Gasteiger partial charge in [0.05, 0.1) is 15.4 Å². The van der Waals surface area contributed by atoms with Crippen LogP contribution in [-0.4, -0.2) is 24.1 Å². The van der Waals surface area contributed by atoms with Crippen molar-refractivity contribution in [1.29, 1.82) is 0 Å². The molecule has 17 heavy (non-hydrogen) atoms. The molecule has 0 amide bonds. The summed E-state index contributed by atoms with van der Waals surface area (Å²) in [6, 6.07) is 5.18. The van der Waals surface area contributed by atoms with E-state index in [1.165, 1.54) is 12.1 Å². The molecule has 1 saturated heterocycles. The third-order valence-electron chi connectivity index (χ3n) is 2.55. The molecule has 1 heterocycles. The van der Waals surface area contributed by atoms with E-state index in [1.807, 2.05) is 0 Å². The van der Waals surface area contributed by atoms with Crippen molar-refractivity contribution >= 4 is 25.6 Å². The lowest BCUT2D eigenvalue weighted by molar-refractivity contribution is 0.552. The number of rotatable bonds is 2. The predicted molar refractivity (Wildman–Crippen MR) is 63.9 cm³/mol. The van der Waals surface area contributed by atoms with Crippen molar-refractivity contribution in [2.45, 2.75) is 17.7 Å². The van der Waals surface area contributed by atoms with Crippen LogP contribution in [0, 0.1) is 0 Å². The van der Waals surface area contributed by atoms with Gasteiger partial charge in [0.2, 0.25) is 0 Å². The Morgan fingerprint density at radius 2 is 1.88 bits per heavy atom. The van der Waals surface area contributed by atoms with Gasteiger partial charge in [0, 0.05) is 11.5 Å². The molecule has 0 aromatic heterocycles. The van der Waals surface area contributed by atoms with E-state index in [-0.39, 0.29) is 5.69 Å². The van der Waals surface area contributed by atoms with Crippen molar-refractivity contribution in [3.8, 4) is 0 Å². The normalized spacial score (nSPS) is 19.1. The van der Waals surface area contributed by atoms with Crippen LogP contribution >= 0.6 is 0 Å². The van der Waals surface area contributed by atoms with Gasteiger partial charge in [-0.2, -0.15) is 12.8 Å². The van der Waals surface area contributed by atoms with Gasteiger partial charge >= 0.3 is 10.2 Å². The van der Waals surface area contributed by atoms with Crippen LogP contribution in [0.1, 0.15) is 12.8 Å². The molecule has 4 nitrogen and oxygen atoms in total. The lowest BCUT2D eigenvalue weighted by Gasteiger charge is -2.01. The van der Waals surface area contributed by atoms with E-state index in [9.17, 15) is 16.5 Å². The number of hydrogen-bond donors (Lipinski definition) is 0. The van der Waals surface area contributed by atoms with Crippen molar-refractivity contribution in [3.05, 3.63) is 24.3 Å². The zero-order valence-electron chi connectivity index (χ0n) is 9.00. The molecule has 0 spiro atoms. The average molecular weight is 277 g/mol. The van der Waals surface area contributed by atoms with Crippen LogP contribution in [0.15, 0.2) is 33.5 Å². The highest BCUT2D eigenvalue weighted by Crippen LogP contribution is 2.24. The van der Waals surface area contributed by atoms with Gasteiger partial charge in [-0.1, -0.05) is 6.07 Å². The molecular formula is C10H12FNO3S2. The molecule has 0 radical (unpaired) electrons. The number of halogens is 1. The lowest BCUT2D eigenvalue weighted by Crippen LogP contribution is -1.99. The Labute approximate surface area is 100 Å². The monoisotopic (exact) mass is 277 g/mol. The Morgan fingerprint density at radius 1 is 1.24 bits per heavy atom. The molecule has 1 aliphatic heterocycles. The van der Waals surface area contributed by atoms with Gasteiger partial charge in [-0.15, -0.1) is 3.89 Å². The first-order valence-electron chi connectivity index (χ1n) is 5.16. The molecule has 7 heteroatoms. The second-order valence-corrected chi connectivity index (χ2v) is 7.81. The first-order valence-corrected chi connectivity index (χ1v) is 8.40. The maximum atomic E-state index is 12.8. The van der Waals surface area contributed by atoms with E-state index >= 15 is 0 Å². The van der Waals surface area contributed by atoms with E-state index in [2.05, 4.69) is 4.36 Å². The zero-order chi connectivity index (χ0) is 12.5. The summed E-state index contributed by atoms with van der Waals surface area (Å²) in [6.07, 6.45) is 1.73. The summed E-state index contributed by atoms with van der Waals surface area (Å²) in [4.78, 5) is -0.445. The largest absolute Gasteiger partial charge is 0.332 e. The summed E-state index contributed by atoms with van der Waals surface area (Å²) in [5.74, 6) is 1.05. The van der Waals surface area contributed by atoms with Gasteiger partial charge in [-0.25, -0.2) is 4.21 Å². The SMILES string of the molecule is O=S(=O)(F)c1cccc(N=S2(=O)CCCC2)c1. The third kappa shape index (κ3) is 3.04. The van der Waals surface area contributed by atoms with E-state index in [0.717, 1.165) is 25.0 Å². The highest BCUT2D eigenvalue weighted by Gasteiger charge is 2.17. The van der Waals surface area contributed by atoms with Gasteiger partial charge < -0.3 is 0 Å². The van der Waals surface area contributed by atoms with Crippen LogP contribution in [0.2, 0.25) is 0 Å². The standard InChI is InChI=1S/C10H12FNO3S2/c11-17(14,15)10-5-3-4-9(8-10)12-16(13)6-1-2-7-16/h3-5,8H,1-2,6-7H2. The summed E-state index contributed by atoms with van der Waals surface area (Å²) in [7, 11) is -6.99. The van der Waals surface area contributed by atoms with Gasteiger partial charge in [0.15, 0.2) is 0 Å². The number of benzene rings is 1. The van der Waals surface area contributed by atoms with Crippen molar-refractivity contribution in [2.75, 3.05) is 11.5 Å².